The number of hydrogen-bond donors (Lipinski definition) is 3. The number of aliphatic carboxylic acids is 1. The van der Waals surface area contributed by atoms with E-state index in [9.17, 15) is 33.0 Å². The van der Waals surface area contributed by atoms with Crippen LogP contribution in [-0.2, 0) is 33.4 Å². The number of rotatable bonds is 13. The Labute approximate surface area is 170 Å². The number of nitrogens with one attached hydrogen (secondary N) is 1. The smallest absolute Gasteiger partial charge is 0.479 e. The summed E-state index contributed by atoms with van der Waals surface area (Å²) in [5.41, 5.74) is -3.98. The average Bonchev–Trinajstić information content (AvgIpc) is 2.56. The van der Waals surface area contributed by atoms with E-state index in [2.05, 4.69) is 5.32 Å². The van der Waals surface area contributed by atoms with Gasteiger partial charge in [0.05, 0.1) is 25.1 Å². The molecule has 0 aromatic rings. The molecule has 0 rings (SSSR count). The first-order valence-corrected chi connectivity index (χ1v) is 10.6. The molecule has 0 bridgehead atoms. The van der Waals surface area contributed by atoms with E-state index in [1.54, 1.807) is 13.8 Å². The lowest BCUT2D eigenvalue weighted by Gasteiger charge is -2.38. The highest BCUT2D eigenvalue weighted by atomic mass is 32.2. The minimum atomic E-state index is -4.01. The minimum Gasteiger partial charge on any atom is -0.479 e. The second-order valence-electron chi connectivity index (χ2n) is 7.42. The Morgan fingerprint density at radius 3 is 2.24 bits per heavy atom. The van der Waals surface area contributed by atoms with Crippen LogP contribution in [0.25, 0.3) is 0 Å². The number of carboxylic acid groups (broad SMARTS) is 1. The van der Waals surface area contributed by atoms with Crippen LogP contribution >= 0.6 is 0 Å². The molecule has 0 saturated carbocycles. The van der Waals surface area contributed by atoms with Crippen LogP contribution in [0.5, 0.6) is 0 Å². The topological polar surface area (TPSA) is 166 Å². The molecule has 11 nitrogen and oxygen atoms in total. The summed E-state index contributed by atoms with van der Waals surface area (Å²) in [6.45, 7) is 6.21. The molecule has 0 unspecified atom stereocenters. The summed E-state index contributed by atoms with van der Waals surface area (Å²) in [4.78, 5) is 33.8. The molecule has 0 radical (unpaired) electrons. The van der Waals surface area contributed by atoms with Gasteiger partial charge in [-0.2, -0.15) is 8.42 Å². The number of amides is 1. The van der Waals surface area contributed by atoms with Gasteiger partial charge in [-0.3, -0.25) is 8.98 Å². The minimum absolute atomic E-state index is 0.108. The maximum Gasteiger partial charge on any atom is 0.508 e. The van der Waals surface area contributed by atoms with Gasteiger partial charge >= 0.3 is 12.1 Å². The number of carbonyl (C=O) groups is 3. The van der Waals surface area contributed by atoms with E-state index in [1.807, 2.05) is 0 Å². The second kappa shape index (κ2) is 11.3. The highest BCUT2D eigenvalue weighted by Gasteiger charge is 2.51. The zero-order valence-corrected chi connectivity index (χ0v) is 18.2. The van der Waals surface area contributed by atoms with Gasteiger partial charge in [0.15, 0.2) is 5.60 Å². The summed E-state index contributed by atoms with van der Waals surface area (Å²) in [7, 11) is -4.01. The number of ether oxygens (including phenoxy) is 2. The highest BCUT2D eigenvalue weighted by molar-refractivity contribution is 7.86. The Morgan fingerprint density at radius 2 is 1.76 bits per heavy atom. The van der Waals surface area contributed by atoms with Gasteiger partial charge in [0.1, 0.15) is 0 Å². The maximum absolute atomic E-state index is 12.0. The van der Waals surface area contributed by atoms with Crippen LogP contribution in [0.1, 0.15) is 47.5 Å². The average molecular weight is 441 g/mol. The Kier molecular flexibility index (Phi) is 10.6. The van der Waals surface area contributed by atoms with Crippen molar-refractivity contribution in [3.8, 4) is 0 Å². The van der Waals surface area contributed by atoms with Gasteiger partial charge in [-0.15, -0.1) is 0 Å². The molecular formula is C17H31NO10S. The van der Waals surface area contributed by atoms with E-state index in [4.69, 9.17) is 13.7 Å². The fraction of sp³-hybridized carbons (Fsp3) is 0.824. The van der Waals surface area contributed by atoms with Gasteiger partial charge in [0, 0.05) is 25.3 Å². The first-order valence-electron chi connectivity index (χ1n) is 9.03. The molecule has 1 amide bonds. The molecular weight excluding hydrogens is 410 g/mol. The third-order valence-electron chi connectivity index (χ3n) is 4.03. The third-order valence-corrected chi connectivity index (χ3v) is 5.30. The molecule has 12 heteroatoms. The van der Waals surface area contributed by atoms with E-state index in [0.29, 0.717) is 0 Å². The molecule has 0 aliphatic heterocycles. The van der Waals surface area contributed by atoms with Crippen molar-refractivity contribution in [2.75, 3.05) is 25.5 Å². The second-order valence-corrected chi connectivity index (χ2v) is 9.18. The van der Waals surface area contributed by atoms with E-state index >= 15 is 0 Å². The lowest BCUT2D eigenvalue weighted by Crippen LogP contribution is -2.54. The van der Waals surface area contributed by atoms with Crippen LogP contribution in [0.4, 0.5) is 4.79 Å². The molecule has 0 fully saturated rings. The van der Waals surface area contributed by atoms with Crippen molar-refractivity contribution in [2.24, 2.45) is 5.41 Å². The molecule has 0 heterocycles. The molecule has 0 aliphatic rings. The standard InChI is InChI=1S/C17H31NO10S/c1-12(2)28-15(22)26-9-7-17(23,14(20)21)16(4,5)11-27-29(24,25)10-6-8-18-13(3)19/h12,23H,6-11H2,1-5H3,(H,18,19)(H,20,21)/t17-/m0/s1. The lowest BCUT2D eigenvalue weighted by atomic mass is 9.73. The van der Waals surface area contributed by atoms with E-state index < -0.39 is 59.0 Å². The summed E-state index contributed by atoms with van der Waals surface area (Å²) >= 11 is 0. The van der Waals surface area contributed by atoms with E-state index in [-0.39, 0.29) is 24.6 Å². The summed E-state index contributed by atoms with van der Waals surface area (Å²) in [5, 5.41) is 22.5. The van der Waals surface area contributed by atoms with Crippen molar-refractivity contribution in [3.05, 3.63) is 0 Å². The predicted molar refractivity (Wildman–Crippen MR) is 102 cm³/mol. The van der Waals surface area contributed by atoms with Crippen LogP contribution in [-0.4, -0.2) is 73.9 Å². The number of aliphatic hydroxyl groups is 1. The van der Waals surface area contributed by atoms with Crippen molar-refractivity contribution < 1.29 is 46.7 Å². The van der Waals surface area contributed by atoms with Gasteiger partial charge in [-0.25, -0.2) is 9.59 Å². The lowest BCUT2D eigenvalue weighted by molar-refractivity contribution is -0.179. The van der Waals surface area contributed by atoms with Crippen molar-refractivity contribution in [2.45, 2.75) is 59.2 Å². The first-order chi connectivity index (χ1) is 13.1. The van der Waals surface area contributed by atoms with Gasteiger partial charge < -0.3 is 25.0 Å². The maximum atomic E-state index is 12.0. The monoisotopic (exact) mass is 441 g/mol. The van der Waals surface area contributed by atoms with Gasteiger partial charge in [0.2, 0.25) is 5.91 Å². The van der Waals surface area contributed by atoms with Crippen molar-refractivity contribution >= 4 is 28.1 Å². The molecule has 29 heavy (non-hydrogen) atoms. The summed E-state index contributed by atoms with van der Waals surface area (Å²) in [6.07, 6.45) is -1.84. The van der Waals surface area contributed by atoms with Crippen LogP contribution in [0.3, 0.4) is 0 Å². The largest absolute Gasteiger partial charge is 0.508 e. The fourth-order valence-electron chi connectivity index (χ4n) is 2.17. The molecule has 0 aromatic heterocycles. The molecule has 0 saturated heterocycles. The number of hydrogen-bond acceptors (Lipinski definition) is 9. The van der Waals surface area contributed by atoms with Crippen LogP contribution in [0, 0.1) is 5.41 Å². The van der Waals surface area contributed by atoms with Gasteiger partial charge in [-0.05, 0) is 20.3 Å². The third kappa shape index (κ3) is 9.90. The molecule has 0 spiro atoms. The van der Waals surface area contributed by atoms with Crippen molar-refractivity contribution in [3.63, 3.8) is 0 Å². The van der Waals surface area contributed by atoms with Crippen LogP contribution in [0.2, 0.25) is 0 Å². The quantitative estimate of drug-likeness (QED) is 0.210. The Hall–Kier alpha value is -1.92. The zero-order valence-electron chi connectivity index (χ0n) is 17.4. The van der Waals surface area contributed by atoms with Crippen LogP contribution in [0.15, 0.2) is 0 Å². The molecule has 0 aromatic carbocycles. The number of carboxylic acids is 1. The van der Waals surface area contributed by atoms with E-state index in [1.165, 1.54) is 20.8 Å². The van der Waals surface area contributed by atoms with Gasteiger partial charge in [-0.1, -0.05) is 13.8 Å². The summed E-state index contributed by atoms with van der Waals surface area (Å²) in [5.74, 6) is -2.30. The van der Waals surface area contributed by atoms with Crippen LogP contribution < -0.4 is 5.32 Å². The SMILES string of the molecule is CC(=O)NCCCS(=O)(=O)OCC(C)(C)[C@](O)(CCOC(=O)OC(C)C)C(=O)O. The fourth-order valence-corrected chi connectivity index (χ4v) is 3.26. The summed E-state index contributed by atoms with van der Waals surface area (Å²) < 4.78 is 38.3. The normalized spacial score (nSPS) is 14.2. The Balaban J connectivity index is 4.88. The molecule has 1 atom stereocenters. The molecule has 0 aliphatic carbocycles. The van der Waals surface area contributed by atoms with Crippen molar-refractivity contribution in [1.29, 1.82) is 0 Å². The Bertz CT molecular complexity index is 674. The summed E-state index contributed by atoms with van der Waals surface area (Å²) in [6, 6.07) is 0. The van der Waals surface area contributed by atoms with Gasteiger partial charge in [0.25, 0.3) is 10.1 Å². The molecule has 3 N–H and O–H groups in total. The molecule has 170 valence electrons. The van der Waals surface area contributed by atoms with E-state index in [0.717, 1.165) is 0 Å². The predicted octanol–water partition coefficient (Wildman–Crippen LogP) is 0.653. The Morgan fingerprint density at radius 1 is 1.17 bits per heavy atom. The van der Waals surface area contributed by atoms with Crippen molar-refractivity contribution in [1.82, 2.24) is 5.32 Å². The zero-order chi connectivity index (χ0) is 22.9. The highest BCUT2D eigenvalue weighted by Crippen LogP contribution is 2.35. The first kappa shape index (κ1) is 27.1. The number of carbonyl (C=O) groups excluding carboxylic acids is 2.